The summed E-state index contributed by atoms with van der Waals surface area (Å²) in [7, 11) is 2.94. The van der Waals surface area contributed by atoms with Crippen molar-refractivity contribution in [2.75, 3.05) is 14.2 Å². The van der Waals surface area contributed by atoms with E-state index in [0.29, 0.717) is 16.4 Å². The van der Waals surface area contributed by atoms with Crippen molar-refractivity contribution in [2.24, 2.45) is 0 Å². The highest BCUT2D eigenvalue weighted by Crippen LogP contribution is 2.13. The van der Waals surface area contributed by atoms with Gasteiger partial charge in [-0.2, -0.15) is 0 Å². The normalized spacial score (nSPS) is 16.7. The van der Waals surface area contributed by atoms with Gasteiger partial charge < -0.3 is 10.1 Å². The highest BCUT2D eigenvalue weighted by atomic mass is 32.1. The minimum atomic E-state index is -0.393. The molecular weight excluding hydrogens is 264 g/mol. The Labute approximate surface area is 115 Å². The molecule has 0 radical (unpaired) electrons. The van der Waals surface area contributed by atoms with Gasteiger partial charge in [0.05, 0.1) is 12.7 Å². The molecule has 0 aliphatic carbocycles. The van der Waals surface area contributed by atoms with E-state index < -0.39 is 5.97 Å². The number of amides is 1. The smallest absolute Gasteiger partial charge is 0.337 e. The second-order valence-corrected chi connectivity index (χ2v) is 4.35. The predicted octanol–water partition coefficient (Wildman–Crippen LogP) is 1.16. The van der Waals surface area contributed by atoms with Gasteiger partial charge in [-0.1, -0.05) is 12.1 Å². The number of carbonyl (C=O) groups is 2. The van der Waals surface area contributed by atoms with E-state index in [2.05, 4.69) is 10.1 Å². The number of nitrogens with zero attached hydrogens (tertiary/aromatic N) is 1. The van der Waals surface area contributed by atoms with Crippen LogP contribution in [0.1, 0.15) is 15.9 Å². The largest absolute Gasteiger partial charge is 0.465 e. The zero-order valence-electron chi connectivity index (χ0n) is 10.5. The van der Waals surface area contributed by atoms with Crippen LogP contribution in [0.5, 0.6) is 0 Å². The maximum absolute atomic E-state index is 11.8. The molecule has 1 amide bonds. The van der Waals surface area contributed by atoms with Crippen LogP contribution in [0.25, 0.3) is 6.08 Å². The number of hydrogen-bond acceptors (Lipinski definition) is 4. The molecule has 0 spiro atoms. The van der Waals surface area contributed by atoms with Gasteiger partial charge in [-0.15, -0.1) is 0 Å². The van der Waals surface area contributed by atoms with Crippen LogP contribution in [0.3, 0.4) is 0 Å². The van der Waals surface area contributed by atoms with E-state index in [1.54, 1.807) is 37.4 Å². The molecule has 1 N–H and O–H groups in total. The van der Waals surface area contributed by atoms with Crippen LogP contribution in [-0.2, 0) is 9.53 Å². The molecule has 6 heteroatoms. The van der Waals surface area contributed by atoms with Gasteiger partial charge in [0.15, 0.2) is 5.11 Å². The van der Waals surface area contributed by atoms with Crippen molar-refractivity contribution < 1.29 is 14.3 Å². The number of rotatable bonds is 2. The van der Waals surface area contributed by atoms with Crippen molar-refractivity contribution in [1.82, 2.24) is 10.2 Å². The van der Waals surface area contributed by atoms with Crippen LogP contribution < -0.4 is 5.32 Å². The average molecular weight is 276 g/mol. The van der Waals surface area contributed by atoms with Gasteiger partial charge in [-0.05, 0) is 36.0 Å². The summed E-state index contributed by atoms with van der Waals surface area (Å²) in [6.45, 7) is 0. The zero-order valence-corrected chi connectivity index (χ0v) is 11.3. The van der Waals surface area contributed by atoms with E-state index >= 15 is 0 Å². The Bertz CT molecular complexity index is 578. The summed E-state index contributed by atoms with van der Waals surface area (Å²) < 4.78 is 4.61. The SMILES string of the molecule is COC(=O)c1ccc(/C=C2/NC(=S)N(C)C2=O)cc1. The van der Waals surface area contributed by atoms with Gasteiger partial charge >= 0.3 is 5.97 Å². The predicted molar refractivity (Wildman–Crippen MR) is 74.3 cm³/mol. The molecule has 5 nitrogen and oxygen atoms in total. The lowest BCUT2D eigenvalue weighted by atomic mass is 10.1. The summed E-state index contributed by atoms with van der Waals surface area (Å²) in [5.74, 6) is -0.572. The average Bonchev–Trinajstić information content (AvgIpc) is 2.66. The Morgan fingerprint density at radius 1 is 1.37 bits per heavy atom. The fourth-order valence-electron chi connectivity index (χ4n) is 1.62. The lowest BCUT2D eigenvalue weighted by Crippen LogP contribution is -2.25. The number of methoxy groups -OCH3 is 1. The number of thiocarbonyl (C=S) groups is 1. The van der Waals surface area contributed by atoms with Gasteiger partial charge in [0.1, 0.15) is 5.70 Å². The molecule has 1 aliphatic heterocycles. The zero-order chi connectivity index (χ0) is 14.0. The molecular formula is C13H12N2O3S. The summed E-state index contributed by atoms with van der Waals surface area (Å²) in [6.07, 6.45) is 1.68. The molecule has 0 saturated carbocycles. The number of hydrogen-bond donors (Lipinski definition) is 1. The van der Waals surface area contributed by atoms with Crippen molar-refractivity contribution in [3.8, 4) is 0 Å². The molecule has 0 aromatic heterocycles. The summed E-state index contributed by atoms with van der Waals surface area (Å²) in [6, 6.07) is 6.74. The number of esters is 1. The Morgan fingerprint density at radius 3 is 2.47 bits per heavy atom. The molecule has 1 saturated heterocycles. The first-order valence-electron chi connectivity index (χ1n) is 5.52. The van der Waals surface area contributed by atoms with Crippen LogP contribution in [-0.4, -0.2) is 36.0 Å². The fourth-order valence-corrected chi connectivity index (χ4v) is 1.82. The number of likely N-dealkylation sites (N-methyl/N-ethyl adjacent to an activating group) is 1. The molecule has 2 rings (SSSR count). The van der Waals surface area contributed by atoms with E-state index in [1.807, 2.05) is 0 Å². The third-order valence-electron chi connectivity index (χ3n) is 2.72. The van der Waals surface area contributed by atoms with Crippen LogP contribution in [0.15, 0.2) is 30.0 Å². The Kier molecular flexibility index (Phi) is 3.62. The van der Waals surface area contributed by atoms with Crippen molar-refractivity contribution in [1.29, 1.82) is 0 Å². The quantitative estimate of drug-likeness (QED) is 0.499. The Hall–Kier alpha value is -2.21. The molecule has 1 aliphatic rings. The highest BCUT2D eigenvalue weighted by molar-refractivity contribution is 7.80. The molecule has 1 heterocycles. The van der Waals surface area contributed by atoms with Gasteiger partial charge in [-0.25, -0.2) is 4.79 Å². The maximum atomic E-state index is 11.8. The van der Waals surface area contributed by atoms with Crippen LogP contribution in [0.2, 0.25) is 0 Å². The molecule has 0 bridgehead atoms. The van der Waals surface area contributed by atoms with Crippen molar-refractivity contribution in [3.05, 3.63) is 41.1 Å². The standard InChI is InChI=1S/C13H12N2O3S/c1-15-11(16)10(14-13(15)19)7-8-3-5-9(6-4-8)12(17)18-2/h3-7H,1-2H3,(H,14,19)/b10-7+. The van der Waals surface area contributed by atoms with Gasteiger partial charge in [0.25, 0.3) is 5.91 Å². The molecule has 1 fully saturated rings. The lowest BCUT2D eigenvalue weighted by molar-refractivity contribution is -0.121. The van der Waals surface area contributed by atoms with E-state index in [0.717, 1.165) is 5.56 Å². The summed E-state index contributed by atoms with van der Waals surface area (Å²) in [5.41, 5.74) is 1.67. The Morgan fingerprint density at radius 2 is 2.00 bits per heavy atom. The van der Waals surface area contributed by atoms with Crippen LogP contribution in [0, 0.1) is 0 Å². The van der Waals surface area contributed by atoms with Crippen molar-refractivity contribution in [3.63, 3.8) is 0 Å². The van der Waals surface area contributed by atoms with Crippen LogP contribution in [0.4, 0.5) is 0 Å². The van der Waals surface area contributed by atoms with Crippen LogP contribution >= 0.6 is 12.2 Å². The molecule has 0 atom stereocenters. The fraction of sp³-hybridized carbons (Fsp3) is 0.154. The van der Waals surface area contributed by atoms with E-state index in [1.165, 1.54) is 12.0 Å². The maximum Gasteiger partial charge on any atom is 0.337 e. The summed E-state index contributed by atoms with van der Waals surface area (Å²) in [5, 5.41) is 3.20. The first-order chi connectivity index (χ1) is 9.02. The molecule has 19 heavy (non-hydrogen) atoms. The van der Waals surface area contributed by atoms with Gasteiger partial charge in [0.2, 0.25) is 0 Å². The second kappa shape index (κ2) is 5.19. The van der Waals surface area contributed by atoms with E-state index in [9.17, 15) is 9.59 Å². The minimum absolute atomic E-state index is 0.179. The first kappa shape index (κ1) is 13.2. The first-order valence-corrected chi connectivity index (χ1v) is 5.93. The monoisotopic (exact) mass is 276 g/mol. The molecule has 0 unspecified atom stereocenters. The molecule has 1 aromatic rings. The Balaban J connectivity index is 2.23. The third kappa shape index (κ3) is 2.63. The van der Waals surface area contributed by atoms with Gasteiger partial charge in [0, 0.05) is 7.05 Å². The number of benzene rings is 1. The molecule has 98 valence electrons. The van der Waals surface area contributed by atoms with E-state index in [4.69, 9.17) is 12.2 Å². The summed E-state index contributed by atoms with van der Waals surface area (Å²) in [4.78, 5) is 24.4. The lowest BCUT2D eigenvalue weighted by Gasteiger charge is -2.02. The summed E-state index contributed by atoms with van der Waals surface area (Å²) >= 11 is 4.97. The third-order valence-corrected chi connectivity index (χ3v) is 3.10. The van der Waals surface area contributed by atoms with E-state index in [-0.39, 0.29) is 5.91 Å². The molecule has 1 aromatic carbocycles. The highest BCUT2D eigenvalue weighted by Gasteiger charge is 2.26. The van der Waals surface area contributed by atoms with Crippen molar-refractivity contribution in [2.45, 2.75) is 0 Å². The second-order valence-electron chi connectivity index (χ2n) is 3.97. The topological polar surface area (TPSA) is 58.6 Å². The van der Waals surface area contributed by atoms with Gasteiger partial charge in [-0.3, -0.25) is 9.69 Å². The number of ether oxygens (including phenoxy) is 1. The number of nitrogens with one attached hydrogen (secondary N) is 1. The minimum Gasteiger partial charge on any atom is -0.465 e. The van der Waals surface area contributed by atoms with Crippen molar-refractivity contribution >= 4 is 35.3 Å². The number of carbonyl (C=O) groups excluding carboxylic acids is 2.